The minimum atomic E-state index is -4.38. The molecular formula is C41H56FN5O9S. The molecule has 4 aliphatic rings. The summed E-state index contributed by atoms with van der Waals surface area (Å²) >= 11 is 0. The first-order chi connectivity index (χ1) is 26.9. The van der Waals surface area contributed by atoms with Gasteiger partial charge < -0.3 is 29.7 Å². The van der Waals surface area contributed by atoms with E-state index >= 15 is 0 Å². The van der Waals surface area contributed by atoms with Gasteiger partial charge in [-0.2, -0.15) is 4.98 Å². The van der Waals surface area contributed by atoms with Crippen molar-refractivity contribution in [3.8, 4) is 11.8 Å². The largest absolute Gasteiger partial charge is 0.478 e. The maximum absolute atomic E-state index is 14.9. The molecule has 3 N–H and O–H groups in total. The van der Waals surface area contributed by atoms with Crippen LogP contribution in [0.3, 0.4) is 0 Å². The summed E-state index contributed by atoms with van der Waals surface area (Å²) in [6.45, 7) is 10.3. The van der Waals surface area contributed by atoms with Crippen LogP contribution >= 0.6 is 0 Å². The smallest absolute Gasteiger partial charge is 0.407 e. The van der Waals surface area contributed by atoms with Crippen molar-refractivity contribution in [3.63, 3.8) is 0 Å². The second-order valence-corrected chi connectivity index (χ2v) is 19.3. The number of amides is 4. The van der Waals surface area contributed by atoms with E-state index in [-0.39, 0.29) is 56.5 Å². The highest BCUT2D eigenvalue weighted by molar-refractivity contribution is 7.91. The molecular weight excluding hydrogens is 758 g/mol. The van der Waals surface area contributed by atoms with E-state index in [1.54, 1.807) is 26.8 Å². The Morgan fingerprint density at radius 2 is 1.86 bits per heavy atom. The number of hydrogen-bond donors (Lipinski definition) is 3. The van der Waals surface area contributed by atoms with Crippen LogP contribution in [0, 0.1) is 23.7 Å². The molecule has 4 amide bonds. The van der Waals surface area contributed by atoms with E-state index in [9.17, 15) is 32.0 Å². The molecule has 7 unspecified atom stereocenters. The van der Waals surface area contributed by atoms with Gasteiger partial charge in [0, 0.05) is 30.3 Å². The molecule has 6 rings (SSSR count). The van der Waals surface area contributed by atoms with Crippen LogP contribution in [-0.2, 0) is 29.1 Å². The summed E-state index contributed by atoms with van der Waals surface area (Å²) in [6.07, 6.45) is 4.72. The summed E-state index contributed by atoms with van der Waals surface area (Å²) in [7, 11) is -4.38. The van der Waals surface area contributed by atoms with Crippen molar-refractivity contribution in [3.05, 3.63) is 42.5 Å². The Hall–Kier alpha value is -4.47. The molecule has 2 aromatic rings. The predicted octanol–water partition coefficient (Wildman–Crippen LogP) is 4.96. The molecule has 0 radical (unpaired) electrons. The molecule has 1 aromatic heterocycles. The van der Waals surface area contributed by atoms with Crippen LogP contribution in [0.5, 0.6) is 11.8 Å². The average Bonchev–Trinajstić information content (AvgIpc) is 4.04. The van der Waals surface area contributed by atoms with Crippen molar-refractivity contribution >= 4 is 44.6 Å². The van der Waals surface area contributed by atoms with Crippen LogP contribution in [0.25, 0.3) is 10.8 Å². The lowest BCUT2D eigenvalue weighted by Gasteiger charge is -2.33. The molecule has 2 saturated carbocycles. The fourth-order valence-electron chi connectivity index (χ4n) is 8.02. The van der Waals surface area contributed by atoms with E-state index < -0.39 is 80.4 Å². The Labute approximate surface area is 334 Å². The molecule has 0 bridgehead atoms. The van der Waals surface area contributed by atoms with E-state index in [2.05, 4.69) is 27.3 Å². The number of carbonyl (C=O) groups excluding carboxylic acids is 4. The van der Waals surface area contributed by atoms with Crippen molar-refractivity contribution in [1.29, 1.82) is 0 Å². The third kappa shape index (κ3) is 9.31. The number of hydrogen-bond acceptors (Lipinski definition) is 10. The number of halogens is 1. The molecule has 2 aliphatic carbocycles. The molecule has 14 nitrogen and oxygen atoms in total. The Morgan fingerprint density at radius 3 is 2.54 bits per heavy atom. The first kappa shape index (κ1) is 42.1. The standard InChI is InChI=1S/C41H56FN5O9S/c1-7-54-33-19-27-13-9-11-15-30(27)35(44-33)55-29-20-32-34(48)45-41(37(50)46-57(52,53)40(24-42)16-17-40)21-28(41)14-10-8-12-25(2)18-26(3)31(36(49)47(32)23-29)22-43-38(51)56-39(4,5)6/h9-11,13-15,19,25-26,28-29,31-32H,7-8,12,16-18,20-24H2,1-6H3,(H,43,51)(H,45,48)(H,46,50). The van der Waals surface area contributed by atoms with Crippen molar-refractivity contribution < 1.29 is 46.2 Å². The molecule has 7 atom stereocenters. The molecule has 57 heavy (non-hydrogen) atoms. The number of benzene rings is 1. The molecule has 312 valence electrons. The van der Waals surface area contributed by atoms with Gasteiger partial charge in [-0.15, -0.1) is 0 Å². The van der Waals surface area contributed by atoms with Gasteiger partial charge in [0.2, 0.25) is 33.6 Å². The highest BCUT2D eigenvalue weighted by atomic mass is 32.2. The average molecular weight is 814 g/mol. The van der Waals surface area contributed by atoms with E-state index in [0.717, 1.165) is 11.8 Å². The molecule has 1 saturated heterocycles. The third-order valence-corrected chi connectivity index (χ3v) is 13.7. The number of rotatable bonds is 10. The zero-order chi connectivity index (χ0) is 41.3. The van der Waals surface area contributed by atoms with Crippen LogP contribution in [0.1, 0.15) is 86.5 Å². The molecule has 3 heterocycles. The van der Waals surface area contributed by atoms with Crippen LogP contribution in [0.4, 0.5) is 9.18 Å². The number of aromatic nitrogens is 1. The minimum Gasteiger partial charge on any atom is -0.478 e. The molecule has 2 aliphatic heterocycles. The summed E-state index contributed by atoms with van der Waals surface area (Å²) in [6, 6.07) is 8.14. The Kier molecular flexibility index (Phi) is 12.1. The number of nitrogens with zero attached hydrogens (tertiary/aromatic N) is 2. The second-order valence-electron chi connectivity index (χ2n) is 17.2. The third-order valence-electron chi connectivity index (χ3n) is 11.6. The predicted molar refractivity (Wildman–Crippen MR) is 210 cm³/mol. The number of nitrogens with one attached hydrogen (secondary N) is 3. The van der Waals surface area contributed by atoms with Crippen LogP contribution in [-0.4, -0.2) is 96.5 Å². The highest BCUT2D eigenvalue weighted by Gasteiger charge is 2.64. The highest BCUT2D eigenvalue weighted by Crippen LogP contribution is 2.48. The Balaban J connectivity index is 1.35. The second kappa shape index (κ2) is 16.4. The fourth-order valence-corrected chi connectivity index (χ4v) is 9.44. The van der Waals surface area contributed by atoms with E-state index in [1.165, 1.54) is 4.90 Å². The van der Waals surface area contributed by atoms with Gasteiger partial charge in [-0.05, 0) is 89.5 Å². The quantitative estimate of drug-likeness (QED) is 0.278. The normalized spacial score (nSPS) is 28.9. The van der Waals surface area contributed by atoms with Crippen LogP contribution in [0.15, 0.2) is 42.5 Å². The van der Waals surface area contributed by atoms with E-state index in [1.807, 2.05) is 50.3 Å². The number of carbonyl (C=O) groups is 4. The number of alkyl carbamates (subject to hydrolysis) is 1. The number of pyridine rings is 1. The van der Waals surface area contributed by atoms with Gasteiger partial charge in [0.25, 0.3) is 5.91 Å². The summed E-state index contributed by atoms with van der Waals surface area (Å²) in [4.78, 5) is 62.3. The Bertz CT molecular complexity index is 2000. The van der Waals surface area contributed by atoms with Crippen molar-refractivity contribution in [2.45, 2.75) is 115 Å². The summed E-state index contributed by atoms with van der Waals surface area (Å²) in [5.74, 6) is -2.74. The van der Waals surface area contributed by atoms with Gasteiger partial charge >= 0.3 is 6.09 Å². The van der Waals surface area contributed by atoms with Gasteiger partial charge in [0.15, 0.2) is 0 Å². The monoisotopic (exact) mass is 813 g/mol. The summed E-state index contributed by atoms with van der Waals surface area (Å²) in [5.41, 5.74) is -2.40. The van der Waals surface area contributed by atoms with Gasteiger partial charge in [-0.1, -0.05) is 44.2 Å². The van der Waals surface area contributed by atoms with Crippen molar-refractivity contribution in [2.24, 2.45) is 23.7 Å². The van der Waals surface area contributed by atoms with Crippen molar-refractivity contribution in [1.82, 2.24) is 25.2 Å². The first-order valence-corrected chi connectivity index (χ1v) is 21.5. The van der Waals surface area contributed by atoms with Gasteiger partial charge in [-0.25, -0.2) is 17.6 Å². The number of allylic oxidation sites excluding steroid dienone is 1. The number of ether oxygens (including phenoxy) is 3. The van der Waals surface area contributed by atoms with Crippen LogP contribution in [0.2, 0.25) is 0 Å². The minimum absolute atomic E-state index is 0.0188. The molecule has 1 aromatic carbocycles. The van der Waals surface area contributed by atoms with E-state index in [0.29, 0.717) is 30.7 Å². The fraction of sp³-hybridized carbons (Fsp3) is 0.634. The zero-order valence-corrected chi connectivity index (χ0v) is 34.5. The maximum atomic E-state index is 14.9. The van der Waals surface area contributed by atoms with E-state index in [4.69, 9.17) is 14.2 Å². The topological polar surface area (TPSA) is 182 Å². The lowest BCUT2D eigenvalue weighted by atomic mass is 9.83. The molecule has 16 heteroatoms. The summed E-state index contributed by atoms with van der Waals surface area (Å²) < 4.78 is 58.4. The Morgan fingerprint density at radius 1 is 1.12 bits per heavy atom. The molecule has 0 spiro atoms. The number of fused-ring (bicyclic) bond motifs is 3. The lowest BCUT2D eigenvalue weighted by Crippen LogP contribution is -2.58. The SMILES string of the molecule is CCOc1cc2ccccc2c(OC2CC3C(=O)NC4(C(=O)NS(=O)(=O)C5(CF)CC5)CC4C=CCCC(C)CC(C)C(CNC(=O)OC(C)(C)C)C(=O)N3C2)n1. The van der Waals surface area contributed by atoms with Gasteiger partial charge in [0.1, 0.15) is 34.7 Å². The summed E-state index contributed by atoms with van der Waals surface area (Å²) in [5, 5.41) is 7.16. The van der Waals surface area contributed by atoms with Crippen molar-refractivity contribution in [2.75, 3.05) is 26.4 Å². The maximum Gasteiger partial charge on any atom is 0.407 e. The first-order valence-electron chi connectivity index (χ1n) is 20.0. The lowest BCUT2D eigenvalue weighted by molar-refractivity contribution is -0.143. The molecule has 3 fully saturated rings. The number of alkyl halides is 1. The van der Waals surface area contributed by atoms with Crippen LogP contribution < -0.4 is 24.8 Å². The van der Waals surface area contributed by atoms with Gasteiger partial charge in [0.05, 0.1) is 19.1 Å². The zero-order valence-electron chi connectivity index (χ0n) is 33.6. The van der Waals surface area contributed by atoms with Gasteiger partial charge in [-0.3, -0.25) is 19.1 Å². The number of sulfonamides is 1.